The molecular weight excluding hydrogens is 342 g/mol. The molecule has 2 aromatic carbocycles. The number of carbonyl (C=O) groups is 1. The number of methoxy groups -OCH3 is 1. The minimum Gasteiger partial charge on any atom is -0.495 e. The lowest BCUT2D eigenvalue weighted by Crippen LogP contribution is -2.15. The topological polar surface area (TPSA) is 99.9 Å². The van der Waals surface area contributed by atoms with Gasteiger partial charge in [0.05, 0.1) is 24.4 Å². The SMILES string of the molecule is COc1ccc(C)cc1NC(=O)c1ccc(Nc2cccc(C#N)c2)nn1. The molecule has 27 heavy (non-hydrogen) atoms. The van der Waals surface area contributed by atoms with E-state index in [0.717, 1.165) is 5.56 Å². The summed E-state index contributed by atoms with van der Waals surface area (Å²) in [5, 5.41) is 22.7. The van der Waals surface area contributed by atoms with Gasteiger partial charge in [0.2, 0.25) is 0 Å². The van der Waals surface area contributed by atoms with Crippen molar-refractivity contribution in [3.05, 3.63) is 71.4 Å². The van der Waals surface area contributed by atoms with Gasteiger partial charge in [0.25, 0.3) is 5.91 Å². The Bertz CT molecular complexity index is 1010. The molecule has 0 fully saturated rings. The highest BCUT2D eigenvalue weighted by Crippen LogP contribution is 2.25. The van der Waals surface area contributed by atoms with Gasteiger partial charge >= 0.3 is 0 Å². The molecule has 7 heteroatoms. The van der Waals surface area contributed by atoms with Gasteiger partial charge in [0.1, 0.15) is 5.75 Å². The van der Waals surface area contributed by atoms with Crippen LogP contribution < -0.4 is 15.4 Å². The number of ether oxygens (including phenoxy) is 1. The molecule has 3 aromatic rings. The van der Waals surface area contributed by atoms with Gasteiger partial charge in [-0.2, -0.15) is 5.26 Å². The number of rotatable bonds is 5. The zero-order chi connectivity index (χ0) is 19.2. The van der Waals surface area contributed by atoms with Crippen molar-refractivity contribution in [3.8, 4) is 11.8 Å². The molecule has 0 aliphatic carbocycles. The van der Waals surface area contributed by atoms with Crippen LogP contribution in [-0.4, -0.2) is 23.2 Å². The Morgan fingerprint density at radius 3 is 2.67 bits per heavy atom. The minimum absolute atomic E-state index is 0.176. The number of hydrogen-bond donors (Lipinski definition) is 2. The molecule has 1 aromatic heterocycles. The van der Waals surface area contributed by atoms with E-state index in [-0.39, 0.29) is 11.6 Å². The van der Waals surface area contributed by atoms with Crippen molar-refractivity contribution in [1.82, 2.24) is 10.2 Å². The molecule has 0 saturated heterocycles. The third-order valence-electron chi connectivity index (χ3n) is 3.76. The third kappa shape index (κ3) is 4.38. The number of aromatic nitrogens is 2. The molecule has 0 atom stereocenters. The van der Waals surface area contributed by atoms with Crippen molar-refractivity contribution >= 4 is 23.1 Å². The maximum absolute atomic E-state index is 12.4. The summed E-state index contributed by atoms with van der Waals surface area (Å²) in [6.07, 6.45) is 0. The first-order chi connectivity index (χ1) is 13.1. The number of nitrogens with zero attached hydrogens (tertiary/aromatic N) is 3. The first kappa shape index (κ1) is 17.9. The number of anilines is 3. The maximum Gasteiger partial charge on any atom is 0.276 e. The Kier molecular flexibility index (Phi) is 5.28. The molecule has 0 spiro atoms. The minimum atomic E-state index is -0.385. The average molecular weight is 359 g/mol. The van der Waals surface area contributed by atoms with Crippen LogP contribution in [0.1, 0.15) is 21.6 Å². The number of carbonyl (C=O) groups excluding carboxylic acids is 1. The summed E-state index contributed by atoms with van der Waals surface area (Å²) in [7, 11) is 1.54. The monoisotopic (exact) mass is 359 g/mol. The van der Waals surface area contributed by atoms with Crippen molar-refractivity contribution in [2.45, 2.75) is 6.92 Å². The van der Waals surface area contributed by atoms with E-state index in [1.165, 1.54) is 0 Å². The van der Waals surface area contributed by atoms with E-state index < -0.39 is 0 Å². The fourth-order valence-electron chi connectivity index (χ4n) is 2.44. The predicted octanol–water partition coefficient (Wildman–Crippen LogP) is 3.66. The second kappa shape index (κ2) is 7.97. The van der Waals surface area contributed by atoms with Crippen LogP contribution in [0.2, 0.25) is 0 Å². The molecule has 0 aliphatic rings. The molecule has 0 saturated carbocycles. The van der Waals surface area contributed by atoms with E-state index >= 15 is 0 Å². The number of hydrogen-bond acceptors (Lipinski definition) is 6. The van der Waals surface area contributed by atoms with Crippen LogP contribution in [0.25, 0.3) is 0 Å². The summed E-state index contributed by atoms with van der Waals surface area (Å²) in [4.78, 5) is 12.4. The van der Waals surface area contributed by atoms with Gasteiger partial charge in [-0.05, 0) is 55.0 Å². The smallest absolute Gasteiger partial charge is 0.276 e. The van der Waals surface area contributed by atoms with Crippen LogP contribution in [0.4, 0.5) is 17.2 Å². The predicted molar refractivity (Wildman–Crippen MR) is 102 cm³/mol. The lowest BCUT2D eigenvalue weighted by atomic mass is 10.2. The summed E-state index contributed by atoms with van der Waals surface area (Å²) >= 11 is 0. The van der Waals surface area contributed by atoms with Crippen molar-refractivity contribution < 1.29 is 9.53 Å². The van der Waals surface area contributed by atoms with Crippen molar-refractivity contribution in [3.63, 3.8) is 0 Å². The number of aryl methyl sites for hydroxylation is 1. The van der Waals surface area contributed by atoms with Crippen LogP contribution in [0.3, 0.4) is 0 Å². The van der Waals surface area contributed by atoms with Crippen LogP contribution in [0, 0.1) is 18.3 Å². The second-order valence-electron chi connectivity index (χ2n) is 5.78. The van der Waals surface area contributed by atoms with Gasteiger partial charge in [0.15, 0.2) is 11.5 Å². The Hall–Kier alpha value is -3.92. The van der Waals surface area contributed by atoms with Crippen LogP contribution >= 0.6 is 0 Å². The van der Waals surface area contributed by atoms with Crippen LogP contribution in [-0.2, 0) is 0 Å². The molecule has 1 heterocycles. The average Bonchev–Trinajstić information content (AvgIpc) is 2.69. The van der Waals surface area contributed by atoms with Gasteiger partial charge in [-0.3, -0.25) is 4.79 Å². The maximum atomic E-state index is 12.4. The highest BCUT2D eigenvalue weighted by Gasteiger charge is 2.12. The van der Waals surface area contributed by atoms with Gasteiger partial charge in [-0.1, -0.05) is 12.1 Å². The summed E-state index contributed by atoms with van der Waals surface area (Å²) < 4.78 is 5.26. The van der Waals surface area contributed by atoms with E-state index in [2.05, 4.69) is 26.9 Å². The summed E-state index contributed by atoms with van der Waals surface area (Å²) in [6.45, 7) is 1.93. The lowest BCUT2D eigenvalue weighted by Gasteiger charge is -2.11. The second-order valence-corrected chi connectivity index (χ2v) is 5.78. The molecule has 0 radical (unpaired) electrons. The van der Waals surface area contributed by atoms with Crippen molar-refractivity contribution in [1.29, 1.82) is 5.26 Å². The number of benzene rings is 2. The molecule has 3 rings (SSSR count). The fourth-order valence-corrected chi connectivity index (χ4v) is 2.44. The largest absolute Gasteiger partial charge is 0.495 e. The van der Waals surface area contributed by atoms with Gasteiger partial charge in [-0.25, -0.2) is 0 Å². The molecule has 1 amide bonds. The normalized spacial score (nSPS) is 9.96. The van der Waals surface area contributed by atoms with Crippen LogP contribution in [0.15, 0.2) is 54.6 Å². The van der Waals surface area contributed by atoms with Crippen molar-refractivity contribution in [2.75, 3.05) is 17.7 Å². The highest BCUT2D eigenvalue weighted by molar-refractivity contribution is 6.03. The lowest BCUT2D eigenvalue weighted by molar-refractivity contribution is 0.102. The van der Waals surface area contributed by atoms with E-state index in [9.17, 15) is 4.79 Å². The van der Waals surface area contributed by atoms with E-state index in [1.54, 1.807) is 43.5 Å². The Labute approximate surface area is 156 Å². The first-order valence-electron chi connectivity index (χ1n) is 8.16. The molecule has 2 N–H and O–H groups in total. The molecule has 0 bridgehead atoms. The van der Waals surface area contributed by atoms with Gasteiger partial charge in [-0.15, -0.1) is 10.2 Å². The quantitative estimate of drug-likeness (QED) is 0.721. The van der Waals surface area contributed by atoms with Crippen molar-refractivity contribution in [2.24, 2.45) is 0 Å². The van der Waals surface area contributed by atoms with Gasteiger partial charge in [0, 0.05) is 5.69 Å². The molecule has 0 unspecified atom stereocenters. The number of amides is 1. The van der Waals surface area contributed by atoms with Gasteiger partial charge < -0.3 is 15.4 Å². The molecule has 134 valence electrons. The number of nitriles is 1. The zero-order valence-corrected chi connectivity index (χ0v) is 14.9. The Balaban J connectivity index is 1.72. The van der Waals surface area contributed by atoms with E-state index in [0.29, 0.717) is 28.5 Å². The standard InChI is InChI=1S/C20H17N5O2/c1-13-6-8-18(27-2)17(10-13)23-20(26)16-7-9-19(25-24-16)22-15-5-3-4-14(11-15)12-21/h3-11H,1-2H3,(H,22,25)(H,23,26). The highest BCUT2D eigenvalue weighted by atomic mass is 16.5. The molecule has 0 aliphatic heterocycles. The summed E-state index contributed by atoms with van der Waals surface area (Å²) in [5.74, 6) is 0.650. The Morgan fingerprint density at radius 1 is 1.11 bits per heavy atom. The Morgan fingerprint density at radius 2 is 1.96 bits per heavy atom. The summed E-state index contributed by atoms with van der Waals surface area (Å²) in [5.41, 5.74) is 2.99. The molecular formula is C20H17N5O2. The zero-order valence-electron chi connectivity index (χ0n) is 14.9. The van der Waals surface area contributed by atoms with E-state index in [4.69, 9.17) is 10.00 Å². The van der Waals surface area contributed by atoms with E-state index in [1.807, 2.05) is 25.1 Å². The first-order valence-corrected chi connectivity index (χ1v) is 8.16. The third-order valence-corrected chi connectivity index (χ3v) is 3.76. The number of nitrogens with one attached hydrogen (secondary N) is 2. The molecule has 7 nitrogen and oxygen atoms in total. The summed E-state index contributed by atoms with van der Waals surface area (Å²) in [6, 6.07) is 17.8. The van der Waals surface area contributed by atoms with Crippen LogP contribution in [0.5, 0.6) is 5.75 Å². The fraction of sp³-hybridized carbons (Fsp3) is 0.100.